The monoisotopic (exact) mass is 337 g/mol. The second kappa shape index (κ2) is 7.09. The molecule has 0 spiro atoms. The zero-order chi connectivity index (χ0) is 17.0. The Labute approximate surface area is 134 Å². The highest BCUT2D eigenvalue weighted by molar-refractivity contribution is 6.30. The van der Waals surface area contributed by atoms with Crippen LogP contribution in [0.3, 0.4) is 0 Å². The van der Waals surface area contributed by atoms with Crippen molar-refractivity contribution in [1.82, 2.24) is 0 Å². The van der Waals surface area contributed by atoms with Gasteiger partial charge in [-0.05, 0) is 40.9 Å². The van der Waals surface area contributed by atoms with Crippen molar-refractivity contribution in [3.63, 3.8) is 0 Å². The highest BCUT2D eigenvalue weighted by atomic mass is 35.5. The first-order chi connectivity index (χ1) is 10.9. The summed E-state index contributed by atoms with van der Waals surface area (Å²) >= 11 is 5.63. The van der Waals surface area contributed by atoms with Gasteiger partial charge in [-0.15, -0.1) is 0 Å². The number of nitrogens with zero attached hydrogens (tertiary/aromatic N) is 3. The highest BCUT2D eigenvalue weighted by Crippen LogP contribution is 2.32. The summed E-state index contributed by atoms with van der Waals surface area (Å²) in [4.78, 5) is 14.0. The van der Waals surface area contributed by atoms with E-state index in [9.17, 15) is 18.7 Å². The third-order valence-corrected chi connectivity index (χ3v) is 3.56. The van der Waals surface area contributed by atoms with Gasteiger partial charge in [-0.25, -0.2) is 8.78 Å². The molecule has 0 fully saturated rings. The van der Waals surface area contributed by atoms with Crippen molar-refractivity contribution in [2.45, 2.75) is 12.0 Å². The number of rotatable bonds is 5. The maximum Gasteiger partial charge on any atom is 0.313 e. The van der Waals surface area contributed by atoms with Crippen molar-refractivity contribution in [3.8, 4) is 0 Å². The van der Waals surface area contributed by atoms with E-state index < -0.39 is 29.6 Å². The molecule has 2 aromatic carbocycles. The Kier molecular flexibility index (Phi) is 5.16. The summed E-state index contributed by atoms with van der Waals surface area (Å²) in [6.45, 7) is 0. The molecule has 0 amide bonds. The molecule has 0 aliphatic rings. The molecule has 2 rings (SSSR count). The van der Waals surface area contributed by atoms with Crippen molar-refractivity contribution < 1.29 is 18.7 Å². The van der Waals surface area contributed by atoms with Crippen LogP contribution in [0.2, 0.25) is 5.02 Å². The molecule has 1 N–H and O–H groups in total. The maximum atomic E-state index is 13.7. The Morgan fingerprint density at radius 1 is 1.22 bits per heavy atom. The summed E-state index contributed by atoms with van der Waals surface area (Å²) in [7, 11) is 0. The topological polar surface area (TPSA) is 86.1 Å². The Morgan fingerprint density at radius 3 is 2.48 bits per heavy atom. The highest BCUT2D eigenvalue weighted by Gasteiger charge is 2.31. The zero-order valence-corrected chi connectivity index (χ0v) is 12.3. The minimum Gasteiger partial charge on any atom is -0.481 e. The van der Waals surface area contributed by atoms with E-state index in [4.69, 9.17) is 17.1 Å². The molecule has 0 saturated carbocycles. The summed E-state index contributed by atoms with van der Waals surface area (Å²) in [6.07, 6.45) is 0. The standard InChI is InChI=1S/C15H10ClF2N3O2/c16-11-5-4-9(7-12(11)18)13(14(15(22)23)20-21-19)8-2-1-3-10(17)6-8/h1-7,13-14H,(H,22,23)/t13-,14+/m1/s1. The first kappa shape index (κ1) is 16.7. The number of aliphatic carboxylic acids is 1. The normalized spacial score (nSPS) is 13.0. The molecule has 0 heterocycles. The molecule has 0 radical (unpaired) electrons. The van der Waals surface area contributed by atoms with Gasteiger partial charge in [-0.1, -0.05) is 34.9 Å². The van der Waals surface area contributed by atoms with Gasteiger partial charge in [0.1, 0.15) is 17.7 Å². The second-order valence-corrected chi connectivity index (χ2v) is 5.10. The molecular formula is C15H10ClF2N3O2. The number of carboxylic acids is 1. The van der Waals surface area contributed by atoms with E-state index in [1.54, 1.807) is 0 Å². The van der Waals surface area contributed by atoms with Crippen molar-refractivity contribution in [2.75, 3.05) is 0 Å². The van der Waals surface area contributed by atoms with E-state index in [1.165, 1.54) is 30.3 Å². The van der Waals surface area contributed by atoms with Gasteiger partial charge in [-0.2, -0.15) is 0 Å². The minimum atomic E-state index is -1.57. The van der Waals surface area contributed by atoms with E-state index in [-0.39, 0.29) is 16.1 Å². The second-order valence-electron chi connectivity index (χ2n) is 4.69. The van der Waals surface area contributed by atoms with Crippen LogP contribution in [0.5, 0.6) is 0 Å². The summed E-state index contributed by atoms with van der Waals surface area (Å²) in [5.74, 6) is -3.82. The van der Waals surface area contributed by atoms with E-state index in [0.717, 1.165) is 12.1 Å². The van der Waals surface area contributed by atoms with Gasteiger partial charge in [0, 0.05) is 10.8 Å². The van der Waals surface area contributed by atoms with Crippen molar-refractivity contribution in [1.29, 1.82) is 0 Å². The Hall–Kier alpha value is -2.63. The van der Waals surface area contributed by atoms with Crippen LogP contribution in [0.1, 0.15) is 17.0 Å². The molecule has 2 atom stereocenters. The average Bonchev–Trinajstić information content (AvgIpc) is 2.50. The van der Waals surface area contributed by atoms with Crippen LogP contribution in [-0.2, 0) is 4.79 Å². The fourth-order valence-corrected chi connectivity index (χ4v) is 2.39. The number of benzene rings is 2. The summed E-state index contributed by atoms with van der Waals surface area (Å²) in [5, 5.41) is 12.4. The SMILES string of the molecule is [N-]=[N+]=N[C@H](C(=O)O)[C@H](c1cccc(F)c1)c1ccc(Cl)c(F)c1. The third kappa shape index (κ3) is 3.77. The van der Waals surface area contributed by atoms with Crippen LogP contribution < -0.4 is 0 Å². The van der Waals surface area contributed by atoms with E-state index in [0.29, 0.717) is 0 Å². The number of carbonyl (C=O) groups is 1. The van der Waals surface area contributed by atoms with Crippen LogP contribution in [0.4, 0.5) is 8.78 Å². The predicted octanol–water partition coefficient (Wildman–Crippen LogP) is 4.51. The number of hydrogen-bond acceptors (Lipinski definition) is 2. The molecule has 8 heteroatoms. The van der Waals surface area contributed by atoms with Crippen LogP contribution >= 0.6 is 11.6 Å². The smallest absolute Gasteiger partial charge is 0.313 e. The Morgan fingerprint density at radius 2 is 1.91 bits per heavy atom. The molecule has 5 nitrogen and oxygen atoms in total. The van der Waals surface area contributed by atoms with Gasteiger partial charge in [-0.3, -0.25) is 4.79 Å². The predicted molar refractivity (Wildman–Crippen MR) is 80.2 cm³/mol. The van der Waals surface area contributed by atoms with Gasteiger partial charge in [0.25, 0.3) is 0 Å². The molecule has 0 aromatic heterocycles. The first-order valence-electron chi connectivity index (χ1n) is 6.41. The van der Waals surface area contributed by atoms with Crippen LogP contribution in [0, 0.1) is 11.6 Å². The Bertz CT molecular complexity index is 792. The van der Waals surface area contributed by atoms with Gasteiger partial charge >= 0.3 is 5.97 Å². The molecular weight excluding hydrogens is 328 g/mol. The van der Waals surface area contributed by atoms with Gasteiger partial charge in [0.05, 0.1) is 5.02 Å². The quantitative estimate of drug-likeness (QED) is 0.494. The third-order valence-electron chi connectivity index (χ3n) is 3.26. The fraction of sp³-hybridized carbons (Fsp3) is 0.133. The van der Waals surface area contributed by atoms with Crippen LogP contribution in [-0.4, -0.2) is 17.1 Å². The van der Waals surface area contributed by atoms with E-state index in [2.05, 4.69) is 10.0 Å². The van der Waals surface area contributed by atoms with Crippen molar-refractivity contribution in [2.24, 2.45) is 5.11 Å². The summed E-state index contributed by atoms with van der Waals surface area (Å²) in [5.41, 5.74) is 9.06. The lowest BCUT2D eigenvalue weighted by molar-refractivity contribution is -0.138. The Balaban J connectivity index is 2.65. The van der Waals surface area contributed by atoms with E-state index >= 15 is 0 Å². The first-order valence-corrected chi connectivity index (χ1v) is 6.79. The molecule has 2 aromatic rings. The van der Waals surface area contributed by atoms with Crippen LogP contribution in [0.25, 0.3) is 10.4 Å². The fourth-order valence-electron chi connectivity index (χ4n) is 2.28. The molecule has 0 bridgehead atoms. The molecule has 118 valence electrons. The lowest BCUT2D eigenvalue weighted by Gasteiger charge is -2.22. The molecule has 0 unspecified atom stereocenters. The largest absolute Gasteiger partial charge is 0.481 e. The van der Waals surface area contributed by atoms with Gasteiger partial charge < -0.3 is 5.11 Å². The molecule has 0 aliphatic carbocycles. The number of carboxylic acid groups (broad SMARTS) is 1. The van der Waals surface area contributed by atoms with Gasteiger partial charge in [0.15, 0.2) is 0 Å². The number of halogens is 3. The number of azide groups is 1. The summed E-state index contributed by atoms with van der Waals surface area (Å²) in [6, 6.07) is 7.30. The summed E-state index contributed by atoms with van der Waals surface area (Å²) < 4.78 is 27.2. The minimum absolute atomic E-state index is 0.137. The van der Waals surface area contributed by atoms with Crippen LogP contribution in [0.15, 0.2) is 47.6 Å². The van der Waals surface area contributed by atoms with Gasteiger partial charge in [0.2, 0.25) is 0 Å². The number of hydrogen-bond donors (Lipinski definition) is 1. The maximum absolute atomic E-state index is 13.7. The van der Waals surface area contributed by atoms with Crippen molar-refractivity contribution >= 4 is 17.6 Å². The van der Waals surface area contributed by atoms with Crippen molar-refractivity contribution in [3.05, 3.63) is 80.7 Å². The zero-order valence-electron chi connectivity index (χ0n) is 11.5. The molecule has 0 saturated heterocycles. The lowest BCUT2D eigenvalue weighted by Crippen LogP contribution is -2.27. The average molecular weight is 338 g/mol. The van der Waals surface area contributed by atoms with E-state index in [1.807, 2.05) is 0 Å². The lowest BCUT2D eigenvalue weighted by atomic mass is 9.85. The molecule has 23 heavy (non-hydrogen) atoms. The molecule has 0 aliphatic heterocycles.